The summed E-state index contributed by atoms with van der Waals surface area (Å²) in [6.07, 6.45) is 1.65. The third-order valence-electron chi connectivity index (χ3n) is 4.60. The highest BCUT2D eigenvalue weighted by Crippen LogP contribution is 2.22. The fourth-order valence-electron chi connectivity index (χ4n) is 3.03. The summed E-state index contributed by atoms with van der Waals surface area (Å²) in [6, 6.07) is 17.0. The van der Waals surface area contributed by atoms with Gasteiger partial charge in [0.1, 0.15) is 11.9 Å². The van der Waals surface area contributed by atoms with Gasteiger partial charge in [-0.05, 0) is 49.4 Å². The van der Waals surface area contributed by atoms with Crippen LogP contribution in [0, 0.1) is 5.82 Å². The minimum absolute atomic E-state index is 0.362. The molecule has 0 aliphatic rings. The van der Waals surface area contributed by atoms with Crippen LogP contribution in [0.15, 0.2) is 77.7 Å². The fraction of sp³-hybridized carbons (Fsp3) is 0.0909. The van der Waals surface area contributed by atoms with Gasteiger partial charge >= 0.3 is 0 Å². The number of anilines is 1. The number of hydrogen-bond donors (Lipinski definition) is 1. The standard InChI is InChI=1S/C22H17FN4O2/c1-14(22(29)25-19-6-2-4-16-5-3-13-24-21(16)19)27-20(28)12-11-18(26-27)15-7-9-17(23)10-8-15/h2-14H,1H3,(H,25,29). The second-order valence-electron chi connectivity index (χ2n) is 6.55. The van der Waals surface area contributed by atoms with Crippen LogP contribution in [-0.2, 0) is 4.79 Å². The van der Waals surface area contributed by atoms with Crippen LogP contribution in [-0.4, -0.2) is 20.7 Å². The number of carbonyl (C=O) groups excluding carboxylic acids is 1. The molecule has 0 aliphatic carbocycles. The Hall–Kier alpha value is -3.87. The summed E-state index contributed by atoms with van der Waals surface area (Å²) in [5, 5.41) is 8.02. The van der Waals surface area contributed by atoms with Crippen molar-refractivity contribution < 1.29 is 9.18 Å². The molecule has 0 radical (unpaired) electrons. The minimum atomic E-state index is -0.859. The van der Waals surface area contributed by atoms with Crippen molar-refractivity contribution in [1.29, 1.82) is 0 Å². The zero-order chi connectivity index (χ0) is 20.4. The molecule has 7 heteroatoms. The van der Waals surface area contributed by atoms with Crippen molar-refractivity contribution in [2.45, 2.75) is 13.0 Å². The summed E-state index contributed by atoms with van der Waals surface area (Å²) in [5.74, 6) is -0.757. The molecular formula is C22H17FN4O2. The van der Waals surface area contributed by atoms with Crippen LogP contribution in [0.5, 0.6) is 0 Å². The molecule has 0 aliphatic heterocycles. The Labute approximate surface area is 165 Å². The van der Waals surface area contributed by atoms with Gasteiger partial charge in [0, 0.05) is 23.2 Å². The van der Waals surface area contributed by atoms with Gasteiger partial charge in [0.25, 0.3) is 5.56 Å². The summed E-state index contributed by atoms with van der Waals surface area (Å²) in [4.78, 5) is 29.4. The quantitative estimate of drug-likeness (QED) is 0.577. The van der Waals surface area contributed by atoms with Gasteiger partial charge in [-0.1, -0.05) is 18.2 Å². The Morgan fingerprint density at radius 2 is 1.79 bits per heavy atom. The van der Waals surface area contributed by atoms with Crippen LogP contribution < -0.4 is 10.9 Å². The van der Waals surface area contributed by atoms with E-state index in [-0.39, 0.29) is 5.82 Å². The van der Waals surface area contributed by atoms with Gasteiger partial charge in [0.15, 0.2) is 0 Å². The third-order valence-corrected chi connectivity index (χ3v) is 4.60. The number of fused-ring (bicyclic) bond motifs is 1. The highest BCUT2D eigenvalue weighted by molar-refractivity contribution is 6.01. The predicted molar refractivity (Wildman–Crippen MR) is 109 cm³/mol. The van der Waals surface area contributed by atoms with Gasteiger partial charge < -0.3 is 5.32 Å². The molecule has 144 valence electrons. The number of hydrogen-bond acceptors (Lipinski definition) is 4. The van der Waals surface area contributed by atoms with Crippen LogP contribution >= 0.6 is 0 Å². The summed E-state index contributed by atoms with van der Waals surface area (Å²) in [7, 11) is 0. The molecule has 4 rings (SSSR count). The van der Waals surface area contributed by atoms with E-state index in [9.17, 15) is 14.0 Å². The second-order valence-corrected chi connectivity index (χ2v) is 6.55. The number of para-hydroxylation sites is 1. The normalized spacial score (nSPS) is 11.9. The highest BCUT2D eigenvalue weighted by Gasteiger charge is 2.19. The van der Waals surface area contributed by atoms with E-state index in [1.165, 1.54) is 18.2 Å². The third kappa shape index (κ3) is 3.75. The van der Waals surface area contributed by atoms with Gasteiger partial charge in [-0.25, -0.2) is 9.07 Å². The molecular weight excluding hydrogens is 371 g/mol. The number of nitrogens with one attached hydrogen (secondary N) is 1. The maximum absolute atomic E-state index is 13.2. The Bertz CT molecular complexity index is 1250. The minimum Gasteiger partial charge on any atom is -0.322 e. The molecule has 0 saturated carbocycles. The molecule has 2 aromatic carbocycles. The van der Waals surface area contributed by atoms with Crippen LogP contribution in [0.3, 0.4) is 0 Å². The molecule has 0 bridgehead atoms. The molecule has 1 amide bonds. The molecule has 1 unspecified atom stereocenters. The Kier molecular flexibility index (Phi) is 4.87. The number of rotatable bonds is 4. The molecule has 1 N–H and O–H groups in total. The molecule has 2 heterocycles. The molecule has 1 atom stereocenters. The van der Waals surface area contributed by atoms with Crippen molar-refractivity contribution in [1.82, 2.24) is 14.8 Å². The first-order valence-corrected chi connectivity index (χ1v) is 9.03. The van der Waals surface area contributed by atoms with Gasteiger partial charge in [0.05, 0.1) is 16.9 Å². The predicted octanol–water partition coefficient (Wildman–Crippen LogP) is 3.80. The number of pyridine rings is 1. The first kappa shape index (κ1) is 18.5. The van der Waals surface area contributed by atoms with E-state index in [1.54, 1.807) is 37.4 Å². The monoisotopic (exact) mass is 388 g/mol. The van der Waals surface area contributed by atoms with Crippen LogP contribution in [0.25, 0.3) is 22.2 Å². The maximum atomic E-state index is 13.2. The van der Waals surface area contributed by atoms with Crippen molar-refractivity contribution in [3.8, 4) is 11.3 Å². The van der Waals surface area contributed by atoms with E-state index >= 15 is 0 Å². The van der Waals surface area contributed by atoms with Crippen molar-refractivity contribution in [3.63, 3.8) is 0 Å². The summed E-state index contributed by atoms with van der Waals surface area (Å²) < 4.78 is 14.3. The van der Waals surface area contributed by atoms with Crippen molar-refractivity contribution in [3.05, 3.63) is 89.1 Å². The Balaban J connectivity index is 1.64. The lowest BCUT2D eigenvalue weighted by molar-refractivity contribution is -0.119. The number of benzene rings is 2. The van der Waals surface area contributed by atoms with Crippen molar-refractivity contribution in [2.75, 3.05) is 5.32 Å². The number of aromatic nitrogens is 3. The summed E-state index contributed by atoms with van der Waals surface area (Å²) in [5.41, 5.74) is 1.93. The summed E-state index contributed by atoms with van der Waals surface area (Å²) in [6.45, 7) is 1.59. The van der Waals surface area contributed by atoms with Gasteiger partial charge in [-0.2, -0.15) is 5.10 Å². The maximum Gasteiger partial charge on any atom is 0.267 e. The SMILES string of the molecule is CC(C(=O)Nc1cccc2cccnc12)n1nc(-c2ccc(F)cc2)ccc1=O. The number of halogens is 1. The number of carbonyl (C=O) groups is 1. The van der Waals surface area contributed by atoms with E-state index in [0.717, 1.165) is 10.1 Å². The highest BCUT2D eigenvalue weighted by atomic mass is 19.1. The molecule has 0 saturated heterocycles. The molecule has 0 fully saturated rings. The van der Waals surface area contributed by atoms with Crippen LogP contribution in [0.2, 0.25) is 0 Å². The molecule has 2 aromatic heterocycles. The largest absolute Gasteiger partial charge is 0.322 e. The average molecular weight is 388 g/mol. The molecule has 0 spiro atoms. The molecule has 6 nitrogen and oxygen atoms in total. The summed E-state index contributed by atoms with van der Waals surface area (Å²) >= 11 is 0. The van der Waals surface area contributed by atoms with E-state index in [2.05, 4.69) is 15.4 Å². The average Bonchev–Trinajstić information content (AvgIpc) is 2.74. The zero-order valence-corrected chi connectivity index (χ0v) is 15.5. The lowest BCUT2D eigenvalue weighted by Gasteiger charge is -2.15. The van der Waals surface area contributed by atoms with E-state index in [4.69, 9.17) is 0 Å². The first-order valence-electron chi connectivity index (χ1n) is 9.03. The second kappa shape index (κ2) is 7.63. The molecule has 29 heavy (non-hydrogen) atoms. The van der Waals surface area contributed by atoms with E-state index < -0.39 is 17.5 Å². The van der Waals surface area contributed by atoms with Gasteiger partial charge in [-0.15, -0.1) is 0 Å². The number of nitrogens with zero attached hydrogens (tertiary/aromatic N) is 3. The fourth-order valence-corrected chi connectivity index (χ4v) is 3.03. The lowest BCUT2D eigenvalue weighted by Crippen LogP contribution is -2.33. The smallest absolute Gasteiger partial charge is 0.267 e. The van der Waals surface area contributed by atoms with Crippen LogP contribution in [0.4, 0.5) is 10.1 Å². The number of amides is 1. The topological polar surface area (TPSA) is 76.9 Å². The lowest BCUT2D eigenvalue weighted by atomic mass is 10.1. The van der Waals surface area contributed by atoms with Gasteiger partial charge in [-0.3, -0.25) is 14.6 Å². The van der Waals surface area contributed by atoms with Gasteiger partial charge in [0.2, 0.25) is 5.91 Å². The van der Waals surface area contributed by atoms with Crippen LogP contribution in [0.1, 0.15) is 13.0 Å². The molecule has 4 aromatic rings. The van der Waals surface area contributed by atoms with Crippen molar-refractivity contribution in [2.24, 2.45) is 0 Å². The Morgan fingerprint density at radius 3 is 2.59 bits per heavy atom. The van der Waals surface area contributed by atoms with Crippen molar-refractivity contribution >= 4 is 22.5 Å². The Morgan fingerprint density at radius 1 is 1.03 bits per heavy atom. The first-order chi connectivity index (χ1) is 14.0. The van der Waals surface area contributed by atoms with E-state index in [1.807, 2.05) is 24.3 Å². The zero-order valence-electron chi connectivity index (χ0n) is 15.5. The van der Waals surface area contributed by atoms with E-state index in [0.29, 0.717) is 22.5 Å².